The van der Waals surface area contributed by atoms with Crippen LogP contribution in [0.2, 0.25) is 0 Å². The van der Waals surface area contributed by atoms with Crippen molar-refractivity contribution in [3.8, 4) is 0 Å². The molecule has 5 heteroatoms. The fourth-order valence-electron chi connectivity index (χ4n) is 3.05. The van der Waals surface area contributed by atoms with Crippen molar-refractivity contribution in [3.05, 3.63) is 11.6 Å². The summed E-state index contributed by atoms with van der Waals surface area (Å²) in [5.41, 5.74) is 0.627. The zero-order valence-corrected chi connectivity index (χ0v) is 13.0. The van der Waals surface area contributed by atoms with Crippen molar-refractivity contribution in [1.82, 2.24) is 5.32 Å². The van der Waals surface area contributed by atoms with Crippen molar-refractivity contribution >= 4 is 12.1 Å². The molecule has 122 valence electrons. The molecule has 0 bridgehead atoms. The minimum Gasteiger partial charge on any atom is -0.356 e. The van der Waals surface area contributed by atoms with Crippen molar-refractivity contribution in [2.75, 3.05) is 13.2 Å². The number of dihydropyridines is 1. The van der Waals surface area contributed by atoms with Crippen LogP contribution in [0.15, 0.2) is 16.6 Å². The van der Waals surface area contributed by atoms with Gasteiger partial charge in [0.05, 0.1) is 12.2 Å². The van der Waals surface area contributed by atoms with E-state index in [0.29, 0.717) is 43.3 Å². The number of hydrogen-bond acceptors (Lipinski definition) is 3. The number of nitrogens with zero attached hydrogens (tertiary/aromatic N) is 1. The third-order valence-corrected chi connectivity index (χ3v) is 4.67. The summed E-state index contributed by atoms with van der Waals surface area (Å²) in [6, 6.07) is 0. The van der Waals surface area contributed by atoms with Crippen LogP contribution in [0.4, 0.5) is 4.39 Å². The minimum atomic E-state index is -0.668. The van der Waals surface area contributed by atoms with E-state index in [9.17, 15) is 9.18 Å². The minimum absolute atomic E-state index is 0.0401. The number of hydrogen-bond donors (Lipinski definition) is 1. The number of halogens is 1. The molecule has 0 aromatic carbocycles. The molecule has 0 radical (unpaired) electrons. The average Bonchev–Trinajstić information content (AvgIpc) is 3.35. The van der Waals surface area contributed by atoms with Gasteiger partial charge in [-0.3, -0.25) is 9.79 Å². The Bertz CT molecular complexity index is 460. The lowest BCUT2D eigenvalue weighted by Gasteiger charge is -2.26. The molecule has 0 aromatic rings. The van der Waals surface area contributed by atoms with E-state index in [2.05, 4.69) is 10.3 Å². The molecule has 0 saturated heterocycles. The monoisotopic (exact) mass is 308 g/mol. The number of amides is 1. The number of ether oxygens (including phenoxy) is 1. The smallest absolute Gasteiger partial charge is 0.252 e. The Kier molecular flexibility index (Phi) is 5.24. The van der Waals surface area contributed by atoms with Crippen LogP contribution in [0.1, 0.15) is 44.9 Å². The number of aliphatic imine (C=N–C) groups is 1. The van der Waals surface area contributed by atoms with Gasteiger partial charge in [-0.1, -0.05) is 12.5 Å². The van der Waals surface area contributed by atoms with E-state index in [1.54, 1.807) is 6.21 Å². The maximum Gasteiger partial charge on any atom is 0.252 e. The van der Waals surface area contributed by atoms with Crippen LogP contribution in [-0.4, -0.2) is 37.7 Å². The van der Waals surface area contributed by atoms with Gasteiger partial charge in [-0.2, -0.15) is 0 Å². The Morgan fingerprint density at radius 1 is 1.32 bits per heavy atom. The van der Waals surface area contributed by atoms with Crippen LogP contribution >= 0.6 is 0 Å². The molecule has 1 aliphatic heterocycles. The van der Waals surface area contributed by atoms with E-state index in [4.69, 9.17) is 4.74 Å². The molecule has 2 saturated carbocycles. The number of carbonyl (C=O) groups is 1. The second-order valence-corrected chi connectivity index (χ2v) is 6.74. The quantitative estimate of drug-likeness (QED) is 0.820. The number of alkyl halides is 1. The Balaban J connectivity index is 1.37. The van der Waals surface area contributed by atoms with Gasteiger partial charge >= 0.3 is 0 Å². The molecule has 3 aliphatic rings. The molecule has 0 spiro atoms. The zero-order chi connectivity index (χ0) is 15.4. The highest BCUT2D eigenvalue weighted by molar-refractivity contribution is 6.12. The van der Waals surface area contributed by atoms with E-state index in [1.807, 2.05) is 6.08 Å². The Morgan fingerprint density at radius 3 is 2.86 bits per heavy atom. The molecule has 0 aromatic heterocycles. The van der Waals surface area contributed by atoms with Gasteiger partial charge < -0.3 is 10.1 Å². The molecule has 4 nitrogen and oxygen atoms in total. The van der Waals surface area contributed by atoms with Gasteiger partial charge in [0.1, 0.15) is 6.17 Å². The first-order chi connectivity index (χ1) is 10.7. The highest BCUT2D eigenvalue weighted by atomic mass is 19.1. The van der Waals surface area contributed by atoms with Gasteiger partial charge in [0.2, 0.25) is 0 Å². The molecular formula is C17H25FN2O2. The predicted octanol–water partition coefficient (Wildman–Crippen LogP) is 2.78. The van der Waals surface area contributed by atoms with E-state index in [-0.39, 0.29) is 12.1 Å². The predicted molar refractivity (Wildman–Crippen MR) is 83.5 cm³/mol. The maximum absolute atomic E-state index is 13.3. The molecule has 3 rings (SSSR count). The lowest BCUT2D eigenvalue weighted by molar-refractivity contribution is -0.117. The summed E-state index contributed by atoms with van der Waals surface area (Å²) < 4.78 is 19.1. The summed E-state index contributed by atoms with van der Waals surface area (Å²) in [5.74, 6) is 0.948. The first kappa shape index (κ1) is 15.7. The fraction of sp³-hybridized carbons (Fsp3) is 0.765. The van der Waals surface area contributed by atoms with E-state index in [0.717, 1.165) is 19.4 Å². The Hall–Kier alpha value is -1.23. The summed E-state index contributed by atoms with van der Waals surface area (Å²) in [6.07, 6.45) is 8.98. The summed E-state index contributed by atoms with van der Waals surface area (Å²) in [6.45, 7) is 1.34. The Morgan fingerprint density at radius 2 is 2.18 bits per heavy atom. The largest absolute Gasteiger partial charge is 0.356 e. The number of nitrogens with one attached hydrogen (secondary N) is 1. The van der Waals surface area contributed by atoms with Gasteiger partial charge in [0, 0.05) is 19.2 Å². The van der Waals surface area contributed by atoms with Crippen LogP contribution in [0.5, 0.6) is 0 Å². The number of rotatable bonds is 6. The second-order valence-electron chi connectivity index (χ2n) is 6.74. The first-order valence-corrected chi connectivity index (χ1v) is 8.48. The highest BCUT2D eigenvalue weighted by Gasteiger charge is 2.24. The van der Waals surface area contributed by atoms with Crippen LogP contribution < -0.4 is 5.32 Å². The molecule has 1 amide bonds. The Labute approximate surface area is 131 Å². The SMILES string of the molecule is O=C(NCC1CC1)C1=CCC(OCC2CCCC(F)C2)N=C1. The van der Waals surface area contributed by atoms with E-state index < -0.39 is 6.17 Å². The van der Waals surface area contributed by atoms with Gasteiger partial charge in [0.15, 0.2) is 6.23 Å². The molecule has 3 atom stereocenters. The molecule has 22 heavy (non-hydrogen) atoms. The molecule has 3 unspecified atom stereocenters. The maximum atomic E-state index is 13.3. The van der Waals surface area contributed by atoms with Crippen molar-refractivity contribution < 1.29 is 13.9 Å². The van der Waals surface area contributed by atoms with Crippen LogP contribution in [0.25, 0.3) is 0 Å². The van der Waals surface area contributed by atoms with Crippen molar-refractivity contribution in [3.63, 3.8) is 0 Å². The summed E-state index contributed by atoms with van der Waals surface area (Å²) in [5, 5.41) is 2.94. The van der Waals surface area contributed by atoms with Gasteiger partial charge in [-0.25, -0.2) is 4.39 Å². The number of carbonyl (C=O) groups excluding carboxylic acids is 1. The highest BCUT2D eigenvalue weighted by Crippen LogP contribution is 2.28. The summed E-state index contributed by atoms with van der Waals surface area (Å²) in [4.78, 5) is 16.2. The van der Waals surface area contributed by atoms with Gasteiger partial charge in [-0.15, -0.1) is 0 Å². The van der Waals surface area contributed by atoms with E-state index >= 15 is 0 Å². The molecule has 2 aliphatic carbocycles. The zero-order valence-electron chi connectivity index (χ0n) is 13.0. The lowest BCUT2D eigenvalue weighted by Crippen LogP contribution is -2.29. The van der Waals surface area contributed by atoms with Crippen molar-refractivity contribution in [1.29, 1.82) is 0 Å². The third-order valence-electron chi connectivity index (χ3n) is 4.67. The molecule has 1 heterocycles. The normalized spacial score (nSPS) is 31.7. The second kappa shape index (κ2) is 7.36. The molecule has 1 N–H and O–H groups in total. The van der Waals surface area contributed by atoms with Crippen molar-refractivity contribution in [2.24, 2.45) is 16.8 Å². The topological polar surface area (TPSA) is 50.7 Å². The lowest BCUT2D eigenvalue weighted by atomic mass is 9.89. The standard InChI is InChI=1S/C17H25FN2O2/c18-15-3-1-2-13(8-15)11-22-16-7-6-14(10-19-16)17(21)20-9-12-4-5-12/h6,10,12-13,15-16H,1-5,7-9,11H2,(H,20,21). The molecule has 2 fully saturated rings. The van der Waals surface area contributed by atoms with Gasteiger partial charge in [0.25, 0.3) is 5.91 Å². The average molecular weight is 308 g/mol. The van der Waals surface area contributed by atoms with Crippen molar-refractivity contribution in [2.45, 2.75) is 57.3 Å². The van der Waals surface area contributed by atoms with Gasteiger partial charge in [-0.05, 0) is 43.9 Å². The fourth-order valence-corrected chi connectivity index (χ4v) is 3.05. The summed E-state index contributed by atoms with van der Waals surface area (Å²) >= 11 is 0. The van der Waals surface area contributed by atoms with Crippen LogP contribution in [0.3, 0.4) is 0 Å². The first-order valence-electron chi connectivity index (χ1n) is 8.48. The molecular weight excluding hydrogens is 283 g/mol. The summed E-state index contributed by atoms with van der Waals surface area (Å²) in [7, 11) is 0. The van der Waals surface area contributed by atoms with E-state index in [1.165, 1.54) is 12.8 Å². The third kappa shape index (κ3) is 4.63. The van der Waals surface area contributed by atoms with Crippen LogP contribution in [0, 0.1) is 11.8 Å². The van der Waals surface area contributed by atoms with Crippen LogP contribution in [-0.2, 0) is 9.53 Å².